The maximum absolute atomic E-state index is 6.38. The number of nitrogens with zero attached hydrogens (tertiary/aromatic N) is 1. The Morgan fingerprint density at radius 2 is 1.50 bits per heavy atom. The first-order valence-electron chi connectivity index (χ1n) is 7.63. The lowest BCUT2D eigenvalue weighted by Gasteiger charge is -2.45. The van der Waals surface area contributed by atoms with Crippen LogP contribution in [-0.4, -0.2) is 26.3 Å². The zero-order chi connectivity index (χ0) is 13.3. The summed E-state index contributed by atoms with van der Waals surface area (Å²) in [7, 11) is 0. The van der Waals surface area contributed by atoms with Crippen molar-refractivity contribution < 1.29 is 9.47 Å². The van der Waals surface area contributed by atoms with Gasteiger partial charge in [0.2, 0.25) is 0 Å². The fraction of sp³-hybridized carbons (Fsp3) is 0.625. The highest BCUT2D eigenvalue weighted by Crippen LogP contribution is 2.53. The normalized spacial score (nSPS) is 37.5. The van der Waals surface area contributed by atoms with Gasteiger partial charge in [-0.2, -0.15) is 0 Å². The Hall–Kier alpha value is -0.770. The summed E-state index contributed by atoms with van der Waals surface area (Å²) in [6.45, 7) is 4.03. The molecule has 5 rings (SSSR count). The summed E-state index contributed by atoms with van der Waals surface area (Å²) in [5.74, 6) is 1.26. The van der Waals surface area contributed by atoms with Crippen molar-refractivity contribution in [3.05, 3.63) is 28.3 Å². The van der Waals surface area contributed by atoms with Crippen LogP contribution in [0.3, 0.4) is 0 Å². The average Bonchev–Trinajstić information content (AvgIpc) is 3.06. The van der Waals surface area contributed by atoms with E-state index < -0.39 is 0 Å². The van der Waals surface area contributed by atoms with E-state index in [1.165, 1.54) is 29.7 Å². The molecule has 4 heteroatoms. The van der Waals surface area contributed by atoms with E-state index in [0.29, 0.717) is 11.8 Å². The third kappa shape index (κ3) is 1.49. The van der Waals surface area contributed by atoms with Gasteiger partial charge in [-0.05, 0) is 25.0 Å². The molecular weight excluding hydrogens is 274 g/mol. The molecule has 4 atom stereocenters. The second-order valence-electron chi connectivity index (χ2n) is 6.52. The van der Waals surface area contributed by atoms with Crippen LogP contribution >= 0.6 is 11.6 Å². The first kappa shape index (κ1) is 11.8. The van der Waals surface area contributed by atoms with Crippen LogP contribution in [0, 0.1) is 11.8 Å². The van der Waals surface area contributed by atoms with E-state index in [-0.39, 0.29) is 12.2 Å². The molecule has 1 aromatic carbocycles. The van der Waals surface area contributed by atoms with Crippen molar-refractivity contribution in [1.29, 1.82) is 0 Å². The van der Waals surface area contributed by atoms with Crippen LogP contribution in [0.1, 0.15) is 36.2 Å². The highest BCUT2D eigenvalue weighted by molar-refractivity contribution is 6.30. The Morgan fingerprint density at radius 1 is 0.950 bits per heavy atom. The third-order valence-electron chi connectivity index (χ3n) is 5.40. The average molecular weight is 292 g/mol. The van der Waals surface area contributed by atoms with Crippen LogP contribution < -0.4 is 4.90 Å². The Bertz CT molecular complexity index is 531. The van der Waals surface area contributed by atoms with Gasteiger partial charge in [-0.1, -0.05) is 11.6 Å². The number of benzene rings is 1. The van der Waals surface area contributed by atoms with Gasteiger partial charge in [-0.3, -0.25) is 0 Å². The Kier molecular flexibility index (Phi) is 2.44. The summed E-state index contributed by atoms with van der Waals surface area (Å²) in [4.78, 5) is 2.58. The lowest BCUT2D eigenvalue weighted by molar-refractivity contribution is 0.0754. The van der Waals surface area contributed by atoms with Gasteiger partial charge in [0.15, 0.2) is 0 Å². The SMILES string of the molecule is Clc1cc2c3c(c1)[C@@H]1OCC[C@@H]1CN3C[C@@H]1CCO[C@H]21. The summed E-state index contributed by atoms with van der Waals surface area (Å²) in [5, 5.41) is 0.825. The highest BCUT2D eigenvalue weighted by atomic mass is 35.5. The molecule has 4 aliphatic rings. The minimum Gasteiger partial charge on any atom is -0.373 e. The number of anilines is 1. The van der Waals surface area contributed by atoms with Crippen LogP contribution in [0.15, 0.2) is 12.1 Å². The van der Waals surface area contributed by atoms with E-state index in [0.717, 1.165) is 31.3 Å². The predicted octanol–water partition coefficient (Wildman–Crippen LogP) is 3.33. The summed E-state index contributed by atoms with van der Waals surface area (Å²) in [6, 6.07) is 4.23. The molecule has 0 unspecified atom stereocenters. The minimum absolute atomic E-state index is 0.247. The number of ether oxygens (including phenoxy) is 2. The van der Waals surface area contributed by atoms with Crippen LogP contribution in [0.25, 0.3) is 0 Å². The molecule has 0 N–H and O–H groups in total. The smallest absolute Gasteiger partial charge is 0.0891 e. The maximum Gasteiger partial charge on any atom is 0.0891 e. The van der Waals surface area contributed by atoms with Gasteiger partial charge in [0.05, 0.1) is 12.2 Å². The van der Waals surface area contributed by atoms with Crippen molar-refractivity contribution in [2.45, 2.75) is 25.0 Å². The summed E-state index contributed by atoms with van der Waals surface area (Å²) in [5.41, 5.74) is 3.96. The highest BCUT2D eigenvalue weighted by Gasteiger charge is 2.45. The van der Waals surface area contributed by atoms with E-state index in [1.807, 2.05) is 0 Å². The number of hydrogen-bond donors (Lipinski definition) is 0. The lowest BCUT2D eigenvalue weighted by Crippen LogP contribution is -2.43. The second-order valence-corrected chi connectivity index (χ2v) is 6.95. The van der Waals surface area contributed by atoms with Crippen molar-refractivity contribution in [3.8, 4) is 0 Å². The van der Waals surface area contributed by atoms with Gasteiger partial charge in [-0.15, -0.1) is 0 Å². The molecule has 1 aromatic rings. The predicted molar refractivity (Wildman–Crippen MR) is 77.3 cm³/mol. The molecule has 4 aliphatic heterocycles. The Balaban J connectivity index is 1.73. The molecule has 0 saturated carbocycles. The van der Waals surface area contributed by atoms with Crippen LogP contribution in [0.4, 0.5) is 5.69 Å². The van der Waals surface area contributed by atoms with Crippen molar-refractivity contribution in [1.82, 2.24) is 0 Å². The number of fused-ring (bicyclic) bond motifs is 4. The van der Waals surface area contributed by atoms with E-state index in [9.17, 15) is 0 Å². The quantitative estimate of drug-likeness (QED) is 0.732. The van der Waals surface area contributed by atoms with E-state index >= 15 is 0 Å². The molecule has 0 aliphatic carbocycles. The molecule has 0 radical (unpaired) electrons. The van der Waals surface area contributed by atoms with E-state index in [1.54, 1.807) is 0 Å². The van der Waals surface area contributed by atoms with Crippen LogP contribution in [0.5, 0.6) is 0 Å². The van der Waals surface area contributed by atoms with Gasteiger partial charge < -0.3 is 14.4 Å². The second kappa shape index (κ2) is 4.12. The molecule has 4 heterocycles. The van der Waals surface area contributed by atoms with Crippen molar-refractivity contribution in [2.24, 2.45) is 11.8 Å². The zero-order valence-corrected chi connectivity index (χ0v) is 12.1. The molecule has 3 nitrogen and oxygen atoms in total. The third-order valence-corrected chi connectivity index (χ3v) is 5.62. The number of hydrogen-bond acceptors (Lipinski definition) is 3. The molecule has 20 heavy (non-hydrogen) atoms. The molecule has 0 aromatic heterocycles. The fourth-order valence-corrected chi connectivity index (χ4v) is 4.83. The molecule has 0 amide bonds. The topological polar surface area (TPSA) is 21.7 Å². The number of halogens is 1. The maximum atomic E-state index is 6.38. The monoisotopic (exact) mass is 291 g/mol. The van der Waals surface area contributed by atoms with E-state index in [4.69, 9.17) is 21.1 Å². The Morgan fingerprint density at radius 3 is 2.05 bits per heavy atom. The van der Waals surface area contributed by atoms with Crippen molar-refractivity contribution in [3.63, 3.8) is 0 Å². The standard InChI is InChI=1S/C16H18ClNO2/c17-11-5-12-14-13(6-11)16-10(2-4-20-16)8-18(14)7-9-1-3-19-15(9)12/h5-6,9-10,15-16H,1-4,7-8H2/t9-,10+,15-,16+. The first-order chi connectivity index (χ1) is 9.81. The number of rotatable bonds is 0. The summed E-state index contributed by atoms with van der Waals surface area (Å²) < 4.78 is 12.0. The van der Waals surface area contributed by atoms with Gasteiger partial charge in [-0.25, -0.2) is 0 Å². The minimum atomic E-state index is 0.247. The molecule has 0 spiro atoms. The molecule has 0 bridgehead atoms. The molecule has 2 fully saturated rings. The van der Waals surface area contributed by atoms with Gasteiger partial charge in [0.1, 0.15) is 0 Å². The van der Waals surface area contributed by atoms with Gasteiger partial charge in [0.25, 0.3) is 0 Å². The van der Waals surface area contributed by atoms with Crippen LogP contribution in [-0.2, 0) is 9.47 Å². The molecular formula is C16H18ClNO2. The fourth-order valence-electron chi connectivity index (χ4n) is 4.59. The summed E-state index contributed by atoms with van der Waals surface area (Å²) >= 11 is 6.38. The van der Waals surface area contributed by atoms with Crippen molar-refractivity contribution >= 4 is 17.3 Å². The van der Waals surface area contributed by atoms with Gasteiger partial charge in [0, 0.05) is 60.0 Å². The van der Waals surface area contributed by atoms with Gasteiger partial charge >= 0.3 is 0 Å². The first-order valence-corrected chi connectivity index (χ1v) is 8.00. The zero-order valence-electron chi connectivity index (χ0n) is 11.3. The lowest BCUT2D eigenvalue weighted by atomic mass is 9.81. The van der Waals surface area contributed by atoms with Crippen LogP contribution in [0.2, 0.25) is 5.02 Å². The molecule has 2 saturated heterocycles. The summed E-state index contributed by atoms with van der Waals surface area (Å²) in [6.07, 6.45) is 2.84. The Labute approximate surface area is 123 Å². The molecule has 106 valence electrons. The van der Waals surface area contributed by atoms with Crippen molar-refractivity contribution in [2.75, 3.05) is 31.2 Å². The largest absolute Gasteiger partial charge is 0.373 e. The van der Waals surface area contributed by atoms with E-state index in [2.05, 4.69) is 17.0 Å².